The number of rotatable bonds is 6. The molecular weight excluding hydrogens is 332 g/mol. The van der Waals surface area contributed by atoms with Gasteiger partial charge in [-0.25, -0.2) is 0 Å². The van der Waals surface area contributed by atoms with E-state index in [1.54, 1.807) is 12.1 Å². The number of benzene rings is 1. The average Bonchev–Trinajstić information content (AvgIpc) is 3.26. The monoisotopic (exact) mass is 352 g/mol. The van der Waals surface area contributed by atoms with Gasteiger partial charge in [0, 0.05) is 17.5 Å². The van der Waals surface area contributed by atoms with Gasteiger partial charge in [0.2, 0.25) is 0 Å². The maximum Gasteiger partial charge on any atom is 0.262 e. The second-order valence-corrected chi connectivity index (χ2v) is 6.00. The van der Waals surface area contributed by atoms with Gasteiger partial charge < -0.3 is 19.2 Å². The molecule has 0 unspecified atom stereocenters. The van der Waals surface area contributed by atoms with E-state index in [1.807, 2.05) is 32.0 Å². The summed E-state index contributed by atoms with van der Waals surface area (Å²) in [4.78, 5) is 12.3. The Hall–Kier alpha value is -3.20. The zero-order valence-electron chi connectivity index (χ0n) is 14.7. The molecule has 1 atom stereocenters. The van der Waals surface area contributed by atoms with Crippen LogP contribution in [0.2, 0.25) is 0 Å². The van der Waals surface area contributed by atoms with Crippen molar-refractivity contribution in [2.75, 3.05) is 6.61 Å². The van der Waals surface area contributed by atoms with Crippen LogP contribution >= 0.6 is 0 Å². The molecule has 1 aliphatic rings. The zero-order valence-corrected chi connectivity index (χ0v) is 14.7. The quantitative estimate of drug-likeness (QED) is 0.637. The molecule has 0 bridgehead atoms. The third-order valence-corrected chi connectivity index (χ3v) is 4.00. The predicted octanol–water partition coefficient (Wildman–Crippen LogP) is 3.23. The topological polar surface area (TPSA) is 84.5 Å². The fourth-order valence-corrected chi connectivity index (χ4v) is 2.83. The molecule has 0 aliphatic carbocycles. The molecule has 0 saturated carbocycles. The number of nitriles is 1. The van der Waals surface area contributed by atoms with Crippen LogP contribution < -0.4 is 14.8 Å². The minimum Gasteiger partial charge on any atom is -0.493 e. The van der Waals surface area contributed by atoms with Gasteiger partial charge in [-0.2, -0.15) is 5.26 Å². The van der Waals surface area contributed by atoms with E-state index in [4.69, 9.17) is 13.9 Å². The number of carbonyl (C=O) groups is 1. The minimum atomic E-state index is -0.471. The number of furan rings is 1. The van der Waals surface area contributed by atoms with Crippen LogP contribution in [0.1, 0.15) is 30.7 Å². The Morgan fingerprint density at radius 2 is 2.35 bits per heavy atom. The van der Waals surface area contributed by atoms with Gasteiger partial charge in [0.05, 0.1) is 19.4 Å². The van der Waals surface area contributed by atoms with Crippen LogP contribution in [0.4, 0.5) is 0 Å². The summed E-state index contributed by atoms with van der Waals surface area (Å²) in [6, 6.07) is 9.18. The molecule has 6 heteroatoms. The molecule has 6 nitrogen and oxygen atoms in total. The Kier molecular flexibility index (Phi) is 5.28. The Labute approximate surface area is 152 Å². The maximum atomic E-state index is 12.3. The Morgan fingerprint density at radius 1 is 1.50 bits per heavy atom. The molecule has 0 saturated heterocycles. The lowest BCUT2D eigenvalue weighted by Crippen LogP contribution is -2.23. The van der Waals surface area contributed by atoms with E-state index in [9.17, 15) is 10.1 Å². The maximum absolute atomic E-state index is 12.3. The zero-order chi connectivity index (χ0) is 18.5. The largest absolute Gasteiger partial charge is 0.493 e. The Morgan fingerprint density at radius 3 is 3.04 bits per heavy atom. The van der Waals surface area contributed by atoms with Crippen molar-refractivity contribution in [2.45, 2.75) is 32.9 Å². The van der Waals surface area contributed by atoms with Gasteiger partial charge in [0.1, 0.15) is 35.0 Å². The lowest BCUT2D eigenvalue weighted by Gasteiger charge is -2.10. The number of fused-ring (bicyclic) bond motifs is 1. The number of hydrogen-bond acceptors (Lipinski definition) is 5. The summed E-state index contributed by atoms with van der Waals surface area (Å²) >= 11 is 0. The molecule has 134 valence electrons. The fourth-order valence-electron chi connectivity index (χ4n) is 2.83. The molecule has 2 aromatic rings. The summed E-state index contributed by atoms with van der Waals surface area (Å²) in [5.41, 5.74) is 1.70. The van der Waals surface area contributed by atoms with Crippen molar-refractivity contribution < 1.29 is 18.7 Å². The molecular formula is C20H20N2O4. The van der Waals surface area contributed by atoms with Gasteiger partial charge in [-0.15, -0.1) is 0 Å². The third kappa shape index (κ3) is 3.89. The number of nitrogens with zero attached hydrogens (tertiary/aromatic N) is 1. The highest BCUT2D eigenvalue weighted by atomic mass is 16.5. The first-order valence-electron chi connectivity index (χ1n) is 8.49. The van der Waals surface area contributed by atoms with Gasteiger partial charge >= 0.3 is 0 Å². The van der Waals surface area contributed by atoms with Crippen LogP contribution in [0.15, 0.2) is 40.5 Å². The average molecular weight is 352 g/mol. The molecule has 1 aliphatic heterocycles. The van der Waals surface area contributed by atoms with Crippen LogP contribution in [0.3, 0.4) is 0 Å². The number of nitrogens with one attached hydrogen (secondary N) is 1. The first kappa shape index (κ1) is 17.6. The van der Waals surface area contributed by atoms with Crippen molar-refractivity contribution in [3.05, 3.63) is 53.0 Å². The molecule has 0 spiro atoms. The molecule has 1 amide bonds. The summed E-state index contributed by atoms with van der Waals surface area (Å²) in [5.74, 6) is 1.54. The molecule has 1 aromatic carbocycles. The third-order valence-electron chi connectivity index (χ3n) is 4.00. The van der Waals surface area contributed by atoms with Crippen LogP contribution in [0.5, 0.6) is 11.5 Å². The van der Waals surface area contributed by atoms with E-state index in [0.717, 1.165) is 17.7 Å². The Balaban J connectivity index is 1.84. The molecule has 1 N–H and O–H groups in total. The molecule has 1 aromatic heterocycles. The molecule has 2 heterocycles. The highest BCUT2D eigenvalue weighted by Gasteiger charge is 2.22. The van der Waals surface area contributed by atoms with E-state index >= 15 is 0 Å². The van der Waals surface area contributed by atoms with Gasteiger partial charge in [0.15, 0.2) is 0 Å². The van der Waals surface area contributed by atoms with Crippen molar-refractivity contribution in [3.63, 3.8) is 0 Å². The van der Waals surface area contributed by atoms with Crippen LogP contribution in [-0.4, -0.2) is 18.6 Å². The van der Waals surface area contributed by atoms with Crippen LogP contribution in [0.25, 0.3) is 6.08 Å². The van der Waals surface area contributed by atoms with E-state index < -0.39 is 5.91 Å². The highest BCUT2D eigenvalue weighted by molar-refractivity contribution is 6.02. The van der Waals surface area contributed by atoms with Crippen LogP contribution in [-0.2, 0) is 17.8 Å². The standard InChI is InChI=1S/C20H20N2O4/c1-3-24-18-9-14-7-13(2)26-19(14)10-15(18)8-16(11-21)20(23)22-12-17-5-4-6-25-17/h4-6,8-10,13H,3,7,12H2,1-2H3,(H,22,23)/b16-8+/t13-/m1/s1. The smallest absolute Gasteiger partial charge is 0.262 e. The molecule has 0 radical (unpaired) electrons. The first-order chi connectivity index (χ1) is 12.6. The van der Waals surface area contributed by atoms with Crippen molar-refractivity contribution in [3.8, 4) is 17.6 Å². The predicted molar refractivity (Wildman–Crippen MR) is 95.5 cm³/mol. The summed E-state index contributed by atoms with van der Waals surface area (Å²) in [5, 5.41) is 12.1. The van der Waals surface area contributed by atoms with E-state index in [0.29, 0.717) is 23.7 Å². The summed E-state index contributed by atoms with van der Waals surface area (Å²) in [6.07, 6.45) is 3.97. The summed E-state index contributed by atoms with van der Waals surface area (Å²) in [7, 11) is 0. The van der Waals surface area contributed by atoms with Gasteiger partial charge in [-0.3, -0.25) is 4.79 Å². The number of carbonyl (C=O) groups excluding carboxylic acids is 1. The van der Waals surface area contributed by atoms with Crippen molar-refractivity contribution in [1.82, 2.24) is 5.32 Å². The normalized spacial score (nSPS) is 15.7. The molecule has 0 fully saturated rings. The highest BCUT2D eigenvalue weighted by Crippen LogP contribution is 2.36. The summed E-state index contributed by atoms with van der Waals surface area (Å²) < 4.78 is 16.6. The second-order valence-electron chi connectivity index (χ2n) is 6.00. The lowest BCUT2D eigenvalue weighted by atomic mass is 10.0. The SMILES string of the molecule is CCOc1cc2c(cc1/C=C(\C#N)C(=O)NCc1ccco1)O[C@H](C)C2. The lowest BCUT2D eigenvalue weighted by molar-refractivity contribution is -0.117. The van der Waals surface area contributed by atoms with Crippen molar-refractivity contribution in [2.24, 2.45) is 0 Å². The molecule has 26 heavy (non-hydrogen) atoms. The van der Waals surface area contributed by atoms with Crippen LogP contribution in [0, 0.1) is 11.3 Å². The first-order valence-corrected chi connectivity index (χ1v) is 8.49. The number of amides is 1. The fraction of sp³-hybridized carbons (Fsp3) is 0.300. The molecule has 3 rings (SSSR count). The van der Waals surface area contributed by atoms with Gasteiger partial charge in [0.25, 0.3) is 5.91 Å². The van der Waals surface area contributed by atoms with Crippen molar-refractivity contribution in [1.29, 1.82) is 5.26 Å². The second kappa shape index (κ2) is 7.79. The van der Waals surface area contributed by atoms with Gasteiger partial charge in [-0.1, -0.05) is 0 Å². The van der Waals surface area contributed by atoms with E-state index in [2.05, 4.69) is 5.32 Å². The number of hydrogen-bond donors (Lipinski definition) is 1. The van der Waals surface area contributed by atoms with E-state index in [1.165, 1.54) is 12.3 Å². The van der Waals surface area contributed by atoms with Crippen molar-refractivity contribution >= 4 is 12.0 Å². The van der Waals surface area contributed by atoms with Gasteiger partial charge in [-0.05, 0) is 44.2 Å². The van der Waals surface area contributed by atoms with E-state index in [-0.39, 0.29) is 18.2 Å². The summed E-state index contributed by atoms with van der Waals surface area (Å²) in [6.45, 7) is 4.59. The number of ether oxygens (including phenoxy) is 2. The minimum absolute atomic E-state index is 0.0106. The Bertz CT molecular complexity index is 863.